The number of nitrogens with one attached hydrogen (secondary N) is 1. The van der Waals surface area contributed by atoms with Gasteiger partial charge in [0, 0.05) is 15.6 Å². The summed E-state index contributed by atoms with van der Waals surface area (Å²) in [5.74, 6) is 5.53. The number of anilines is 1. The van der Waals surface area contributed by atoms with Gasteiger partial charge in [-0.15, -0.1) is 12.4 Å². The molecular formula is C12H15BrClN3. The molecule has 0 unspecified atom stereocenters. The highest BCUT2D eigenvalue weighted by Gasteiger charge is 2.04. The second-order valence-electron chi connectivity index (χ2n) is 3.72. The van der Waals surface area contributed by atoms with E-state index in [0.717, 1.165) is 39.6 Å². The Morgan fingerprint density at radius 2 is 2.12 bits per heavy atom. The molecule has 0 aliphatic carbocycles. The Kier molecular flexibility index (Phi) is 5.18. The van der Waals surface area contributed by atoms with E-state index in [-0.39, 0.29) is 12.4 Å². The van der Waals surface area contributed by atoms with Gasteiger partial charge in [0.2, 0.25) is 0 Å². The van der Waals surface area contributed by atoms with Crippen LogP contribution in [0.15, 0.2) is 28.7 Å². The van der Waals surface area contributed by atoms with Gasteiger partial charge in [-0.1, -0.05) is 29.3 Å². The van der Waals surface area contributed by atoms with Crippen molar-refractivity contribution >= 4 is 44.9 Å². The maximum atomic E-state index is 5.53. The lowest BCUT2D eigenvalue weighted by atomic mass is 10.1. The van der Waals surface area contributed by atoms with Crippen LogP contribution in [-0.2, 0) is 6.42 Å². The minimum absolute atomic E-state index is 0. The summed E-state index contributed by atoms with van der Waals surface area (Å²) in [5, 5.41) is 1.05. The van der Waals surface area contributed by atoms with Crippen molar-refractivity contribution in [3.63, 3.8) is 0 Å². The summed E-state index contributed by atoms with van der Waals surface area (Å²) in [6.07, 6.45) is 2.05. The number of nitrogens with two attached hydrogens (primary N) is 1. The lowest BCUT2D eigenvalue weighted by Gasteiger charge is -2.08. The fourth-order valence-corrected chi connectivity index (χ4v) is 2.11. The van der Waals surface area contributed by atoms with E-state index in [1.165, 1.54) is 0 Å². The van der Waals surface area contributed by atoms with Crippen molar-refractivity contribution in [1.29, 1.82) is 0 Å². The van der Waals surface area contributed by atoms with Gasteiger partial charge >= 0.3 is 0 Å². The molecule has 1 aromatic carbocycles. The van der Waals surface area contributed by atoms with Crippen molar-refractivity contribution in [3.05, 3.63) is 34.4 Å². The van der Waals surface area contributed by atoms with Crippen LogP contribution in [0, 0.1) is 0 Å². The fourth-order valence-electron chi connectivity index (χ4n) is 1.76. The van der Waals surface area contributed by atoms with Gasteiger partial charge in [0.25, 0.3) is 0 Å². The number of pyridine rings is 1. The third-order valence-corrected chi connectivity index (χ3v) is 2.98. The topological polar surface area (TPSA) is 50.9 Å². The number of aromatic nitrogens is 1. The number of nitrogen functional groups attached to an aromatic ring is 1. The SMILES string of the molecule is CCCc1cc(NN)c2ccc(Br)cc2n1.Cl. The van der Waals surface area contributed by atoms with Crippen LogP contribution >= 0.6 is 28.3 Å². The van der Waals surface area contributed by atoms with E-state index in [1.807, 2.05) is 24.3 Å². The number of benzene rings is 1. The molecule has 0 radical (unpaired) electrons. The van der Waals surface area contributed by atoms with E-state index in [0.29, 0.717) is 0 Å². The average Bonchev–Trinajstić information content (AvgIpc) is 2.27. The molecule has 2 rings (SSSR count). The first-order valence-electron chi connectivity index (χ1n) is 5.30. The molecule has 0 bridgehead atoms. The predicted octanol–water partition coefficient (Wildman–Crippen LogP) is 3.66. The zero-order valence-electron chi connectivity index (χ0n) is 9.53. The number of aryl methyl sites for hydroxylation is 1. The number of rotatable bonds is 3. The largest absolute Gasteiger partial charge is 0.323 e. The second-order valence-corrected chi connectivity index (χ2v) is 4.63. The molecule has 1 heterocycles. The molecule has 0 aliphatic rings. The highest BCUT2D eigenvalue weighted by atomic mass is 79.9. The zero-order chi connectivity index (χ0) is 11.5. The molecule has 0 atom stereocenters. The first-order valence-corrected chi connectivity index (χ1v) is 6.09. The number of fused-ring (bicyclic) bond motifs is 1. The van der Waals surface area contributed by atoms with E-state index < -0.39 is 0 Å². The lowest BCUT2D eigenvalue weighted by molar-refractivity contribution is 0.890. The number of halogens is 2. The van der Waals surface area contributed by atoms with Gasteiger partial charge in [-0.25, -0.2) is 0 Å². The molecule has 0 aliphatic heterocycles. The van der Waals surface area contributed by atoms with E-state index in [1.54, 1.807) is 0 Å². The van der Waals surface area contributed by atoms with Crippen molar-refractivity contribution < 1.29 is 0 Å². The predicted molar refractivity (Wildman–Crippen MR) is 78.5 cm³/mol. The van der Waals surface area contributed by atoms with Crippen molar-refractivity contribution in [1.82, 2.24) is 4.98 Å². The Morgan fingerprint density at radius 3 is 2.76 bits per heavy atom. The van der Waals surface area contributed by atoms with Crippen molar-refractivity contribution in [2.75, 3.05) is 5.43 Å². The molecule has 3 nitrogen and oxygen atoms in total. The summed E-state index contributed by atoms with van der Waals surface area (Å²) >= 11 is 3.45. The van der Waals surface area contributed by atoms with Gasteiger partial charge in [-0.2, -0.15) is 0 Å². The van der Waals surface area contributed by atoms with E-state index in [4.69, 9.17) is 5.84 Å². The first-order chi connectivity index (χ1) is 7.74. The smallest absolute Gasteiger partial charge is 0.0737 e. The monoisotopic (exact) mass is 315 g/mol. The van der Waals surface area contributed by atoms with Crippen LogP contribution in [-0.4, -0.2) is 4.98 Å². The Hall–Kier alpha value is -0.840. The fraction of sp³-hybridized carbons (Fsp3) is 0.250. The lowest BCUT2D eigenvalue weighted by Crippen LogP contribution is -2.08. The number of hydrazine groups is 1. The molecule has 0 saturated carbocycles. The average molecular weight is 317 g/mol. The maximum Gasteiger partial charge on any atom is 0.0737 e. The Balaban J connectivity index is 0.00000144. The van der Waals surface area contributed by atoms with Gasteiger partial charge in [0.1, 0.15) is 0 Å². The molecular weight excluding hydrogens is 302 g/mol. The molecule has 3 N–H and O–H groups in total. The van der Waals surface area contributed by atoms with Crippen molar-refractivity contribution in [2.45, 2.75) is 19.8 Å². The summed E-state index contributed by atoms with van der Waals surface area (Å²) in [6.45, 7) is 2.14. The quantitative estimate of drug-likeness (QED) is 0.671. The standard InChI is InChI=1S/C12H14BrN3.ClH/c1-2-3-9-7-12(16-14)10-5-4-8(13)6-11(10)15-9;/h4-7H,2-3,14H2,1H3,(H,15,16);1H. The summed E-state index contributed by atoms with van der Waals surface area (Å²) in [4.78, 5) is 4.61. The number of hydrogen-bond donors (Lipinski definition) is 2. The normalized spacial score (nSPS) is 10.1. The molecule has 0 fully saturated rings. The van der Waals surface area contributed by atoms with Crippen LogP contribution in [0.4, 0.5) is 5.69 Å². The molecule has 0 spiro atoms. The van der Waals surface area contributed by atoms with E-state index >= 15 is 0 Å². The summed E-state index contributed by atoms with van der Waals surface area (Å²) in [5.41, 5.74) is 5.70. The van der Waals surface area contributed by atoms with E-state index in [2.05, 4.69) is 33.3 Å². The number of hydrogen-bond acceptors (Lipinski definition) is 3. The molecule has 0 amide bonds. The third-order valence-electron chi connectivity index (χ3n) is 2.49. The zero-order valence-corrected chi connectivity index (χ0v) is 11.9. The third kappa shape index (κ3) is 3.09. The highest BCUT2D eigenvalue weighted by Crippen LogP contribution is 2.25. The van der Waals surface area contributed by atoms with Crippen LogP contribution < -0.4 is 11.3 Å². The van der Waals surface area contributed by atoms with Gasteiger partial charge in [-0.3, -0.25) is 10.8 Å². The molecule has 1 aromatic heterocycles. The van der Waals surface area contributed by atoms with Gasteiger partial charge in [0.05, 0.1) is 11.2 Å². The molecule has 0 saturated heterocycles. The first kappa shape index (κ1) is 14.2. The van der Waals surface area contributed by atoms with Gasteiger partial charge in [0.15, 0.2) is 0 Å². The second kappa shape index (κ2) is 6.19. The highest BCUT2D eigenvalue weighted by molar-refractivity contribution is 9.10. The minimum atomic E-state index is 0. The Morgan fingerprint density at radius 1 is 1.35 bits per heavy atom. The Bertz CT molecular complexity index is 516. The molecule has 5 heteroatoms. The van der Waals surface area contributed by atoms with Crippen LogP contribution in [0.5, 0.6) is 0 Å². The van der Waals surface area contributed by atoms with Gasteiger partial charge < -0.3 is 5.43 Å². The van der Waals surface area contributed by atoms with Crippen LogP contribution in [0.1, 0.15) is 19.0 Å². The van der Waals surface area contributed by atoms with Crippen LogP contribution in [0.3, 0.4) is 0 Å². The summed E-state index contributed by atoms with van der Waals surface area (Å²) in [7, 11) is 0. The van der Waals surface area contributed by atoms with E-state index in [9.17, 15) is 0 Å². The molecule has 2 aromatic rings. The number of nitrogens with zero attached hydrogens (tertiary/aromatic N) is 1. The van der Waals surface area contributed by atoms with Crippen molar-refractivity contribution in [2.24, 2.45) is 5.84 Å². The van der Waals surface area contributed by atoms with Crippen LogP contribution in [0.2, 0.25) is 0 Å². The molecule has 17 heavy (non-hydrogen) atoms. The Labute approximate surface area is 115 Å². The van der Waals surface area contributed by atoms with Crippen molar-refractivity contribution in [3.8, 4) is 0 Å². The molecule has 92 valence electrons. The minimum Gasteiger partial charge on any atom is -0.323 e. The summed E-state index contributed by atoms with van der Waals surface area (Å²) < 4.78 is 1.03. The van der Waals surface area contributed by atoms with Crippen LogP contribution in [0.25, 0.3) is 10.9 Å². The maximum absolute atomic E-state index is 5.53. The van der Waals surface area contributed by atoms with Gasteiger partial charge in [-0.05, 0) is 30.7 Å². The summed E-state index contributed by atoms with van der Waals surface area (Å²) in [6, 6.07) is 8.02.